The molecule has 27 heavy (non-hydrogen) atoms. The average molecular weight is 359 g/mol. The Morgan fingerprint density at radius 2 is 1.41 bits per heavy atom. The van der Waals surface area contributed by atoms with E-state index in [9.17, 15) is 5.11 Å². The summed E-state index contributed by atoms with van der Waals surface area (Å²) in [5.74, 6) is 1.13. The number of allylic oxidation sites excluding steroid dienone is 1. The molecule has 0 atom stereocenters. The van der Waals surface area contributed by atoms with E-state index in [0.29, 0.717) is 6.61 Å². The molecule has 0 bridgehead atoms. The van der Waals surface area contributed by atoms with E-state index in [2.05, 4.69) is 36.5 Å². The number of hydrogen-bond acceptors (Lipinski definition) is 3. The molecule has 0 amide bonds. The molecule has 3 aromatic rings. The summed E-state index contributed by atoms with van der Waals surface area (Å²) in [5.41, 5.74) is 5.68. The van der Waals surface area contributed by atoms with Crippen LogP contribution >= 0.6 is 0 Å². The first-order chi connectivity index (χ1) is 13.2. The fourth-order valence-corrected chi connectivity index (χ4v) is 3.05. The van der Waals surface area contributed by atoms with Crippen molar-refractivity contribution < 1.29 is 9.84 Å². The number of benzene rings is 3. The maximum atomic E-state index is 9.67. The van der Waals surface area contributed by atoms with Crippen LogP contribution in [0.5, 0.6) is 11.5 Å². The predicted octanol–water partition coefficient (Wildman–Crippen LogP) is 4.97. The number of likely N-dealkylation sites (N-methyl/N-ethyl adjacent to an activating group) is 1. The van der Waals surface area contributed by atoms with Crippen molar-refractivity contribution in [2.45, 2.75) is 6.92 Å². The van der Waals surface area contributed by atoms with Crippen LogP contribution in [0.4, 0.5) is 0 Å². The standard InChI is InChI=1S/C24H25NO2/c1-18(19-6-4-3-5-7-19)24(20-8-12-22(26)13-9-20)21-10-14-23(15-11-21)27-17-16-25-2/h3-15,25-26H,16-17H2,1-2H3. The van der Waals surface area contributed by atoms with Crippen molar-refractivity contribution in [3.8, 4) is 11.5 Å². The van der Waals surface area contributed by atoms with E-state index < -0.39 is 0 Å². The number of phenols is 1. The lowest BCUT2D eigenvalue weighted by Gasteiger charge is -2.15. The fourth-order valence-electron chi connectivity index (χ4n) is 3.05. The van der Waals surface area contributed by atoms with Crippen LogP contribution in [0.15, 0.2) is 78.9 Å². The second kappa shape index (κ2) is 9.06. The van der Waals surface area contributed by atoms with Gasteiger partial charge in [-0.1, -0.05) is 54.6 Å². The van der Waals surface area contributed by atoms with Gasteiger partial charge in [-0.25, -0.2) is 0 Å². The number of aromatic hydroxyl groups is 1. The van der Waals surface area contributed by atoms with Gasteiger partial charge < -0.3 is 15.2 Å². The second-order valence-electron chi connectivity index (χ2n) is 6.39. The molecule has 0 fully saturated rings. The Balaban J connectivity index is 2.01. The Morgan fingerprint density at radius 3 is 2.00 bits per heavy atom. The van der Waals surface area contributed by atoms with Crippen LogP contribution < -0.4 is 10.1 Å². The van der Waals surface area contributed by atoms with Gasteiger partial charge >= 0.3 is 0 Å². The maximum absolute atomic E-state index is 9.67. The van der Waals surface area contributed by atoms with Gasteiger partial charge in [0.2, 0.25) is 0 Å². The van der Waals surface area contributed by atoms with Gasteiger partial charge in [-0.2, -0.15) is 0 Å². The number of ether oxygens (including phenoxy) is 1. The van der Waals surface area contributed by atoms with E-state index in [-0.39, 0.29) is 5.75 Å². The molecule has 0 aromatic heterocycles. The first kappa shape index (κ1) is 18.7. The predicted molar refractivity (Wildman–Crippen MR) is 112 cm³/mol. The van der Waals surface area contributed by atoms with Gasteiger partial charge in [0.1, 0.15) is 18.1 Å². The molecule has 2 N–H and O–H groups in total. The van der Waals surface area contributed by atoms with Gasteiger partial charge in [0.05, 0.1) is 0 Å². The van der Waals surface area contributed by atoms with Gasteiger partial charge in [-0.15, -0.1) is 0 Å². The highest BCUT2D eigenvalue weighted by molar-refractivity contribution is 5.97. The van der Waals surface area contributed by atoms with Crippen LogP contribution in [0.1, 0.15) is 23.6 Å². The zero-order valence-electron chi connectivity index (χ0n) is 15.8. The quantitative estimate of drug-likeness (QED) is 0.462. The summed E-state index contributed by atoms with van der Waals surface area (Å²) >= 11 is 0. The second-order valence-corrected chi connectivity index (χ2v) is 6.39. The Morgan fingerprint density at radius 1 is 0.815 bits per heavy atom. The van der Waals surface area contributed by atoms with Crippen LogP contribution in [0, 0.1) is 0 Å². The van der Waals surface area contributed by atoms with Crippen LogP contribution in [0.25, 0.3) is 11.1 Å². The molecule has 0 radical (unpaired) electrons. The Kier molecular flexibility index (Phi) is 6.29. The summed E-state index contributed by atoms with van der Waals surface area (Å²) in [6.45, 7) is 3.59. The molecular weight excluding hydrogens is 334 g/mol. The van der Waals surface area contributed by atoms with Gasteiger partial charge in [0.25, 0.3) is 0 Å². The van der Waals surface area contributed by atoms with Crippen LogP contribution in [-0.4, -0.2) is 25.3 Å². The number of nitrogens with one attached hydrogen (secondary N) is 1. The van der Waals surface area contributed by atoms with E-state index in [0.717, 1.165) is 29.0 Å². The summed E-state index contributed by atoms with van der Waals surface area (Å²) < 4.78 is 5.74. The van der Waals surface area contributed by atoms with Crippen molar-refractivity contribution >= 4 is 11.1 Å². The van der Waals surface area contributed by atoms with Crippen LogP contribution in [0.3, 0.4) is 0 Å². The van der Waals surface area contributed by atoms with Crippen LogP contribution in [0.2, 0.25) is 0 Å². The molecule has 3 aromatic carbocycles. The minimum absolute atomic E-state index is 0.267. The minimum atomic E-state index is 0.267. The van der Waals surface area contributed by atoms with E-state index in [4.69, 9.17) is 4.74 Å². The molecule has 0 unspecified atom stereocenters. The molecule has 0 aliphatic rings. The summed E-state index contributed by atoms with van der Waals surface area (Å²) in [7, 11) is 1.91. The highest BCUT2D eigenvalue weighted by Crippen LogP contribution is 2.33. The first-order valence-electron chi connectivity index (χ1n) is 9.12. The normalized spacial score (nSPS) is 11.8. The summed E-state index contributed by atoms with van der Waals surface area (Å²) in [6.07, 6.45) is 0. The van der Waals surface area contributed by atoms with Gasteiger partial charge in [-0.05, 0) is 66.1 Å². The minimum Gasteiger partial charge on any atom is -0.508 e. The average Bonchev–Trinajstić information content (AvgIpc) is 2.71. The van der Waals surface area contributed by atoms with Crippen LogP contribution in [-0.2, 0) is 0 Å². The summed E-state index contributed by atoms with van der Waals surface area (Å²) in [5, 5.41) is 12.7. The SMILES string of the molecule is CNCCOc1ccc(C(=C(C)c2ccccc2)c2ccc(O)cc2)cc1. The van der Waals surface area contributed by atoms with Crippen molar-refractivity contribution in [2.75, 3.05) is 20.2 Å². The highest BCUT2D eigenvalue weighted by atomic mass is 16.5. The first-order valence-corrected chi connectivity index (χ1v) is 9.12. The molecule has 138 valence electrons. The Hall–Kier alpha value is -3.04. The number of rotatable bonds is 7. The van der Waals surface area contributed by atoms with Crippen molar-refractivity contribution in [3.05, 3.63) is 95.6 Å². The lowest BCUT2D eigenvalue weighted by atomic mass is 9.90. The third kappa shape index (κ3) is 4.78. The van der Waals surface area contributed by atoms with Gasteiger partial charge in [0, 0.05) is 6.54 Å². The molecule has 0 spiro atoms. The molecule has 0 heterocycles. The third-order valence-electron chi connectivity index (χ3n) is 4.50. The zero-order valence-corrected chi connectivity index (χ0v) is 15.8. The molecule has 0 aliphatic heterocycles. The molecular formula is C24H25NO2. The number of hydrogen-bond donors (Lipinski definition) is 2. The largest absolute Gasteiger partial charge is 0.508 e. The lowest BCUT2D eigenvalue weighted by molar-refractivity contribution is 0.318. The van der Waals surface area contributed by atoms with Gasteiger partial charge in [-0.3, -0.25) is 0 Å². The summed E-state index contributed by atoms with van der Waals surface area (Å²) in [4.78, 5) is 0. The van der Waals surface area contributed by atoms with Crippen molar-refractivity contribution in [1.82, 2.24) is 5.32 Å². The van der Waals surface area contributed by atoms with Crippen molar-refractivity contribution in [3.63, 3.8) is 0 Å². The molecule has 3 nitrogen and oxygen atoms in total. The van der Waals surface area contributed by atoms with E-state index in [1.54, 1.807) is 12.1 Å². The topological polar surface area (TPSA) is 41.5 Å². The fraction of sp³-hybridized carbons (Fsp3) is 0.167. The molecule has 0 aliphatic carbocycles. The monoisotopic (exact) mass is 359 g/mol. The van der Waals surface area contributed by atoms with Crippen molar-refractivity contribution in [2.24, 2.45) is 0 Å². The molecule has 0 saturated carbocycles. The Labute approximate surface area is 161 Å². The lowest BCUT2D eigenvalue weighted by Crippen LogP contribution is -2.15. The zero-order chi connectivity index (χ0) is 19.1. The van der Waals surface area contributed by atoms with E-state index in [1.807, 2.05) is 49.5 Å². The van der Waals surface area contributed by atoms with Gasteiger partial charge in [0.15, 0.2) is 0 Å². The smallest absolute Gasteiger partial charge is 0.119 e. The molecule has 0 saturated heterocycles. The maximum Gasteiger partial charge on any atom is 0.119 e. The van der Waals surface area contributed by atoms with E-state index >= 15 is 0 Å². The van der Waals surface area contributed by atoms with E-state index in [1.165, 1.54) is 11.1 Å². The molecule has 3 rings (SSSR count). The van der Waals surface area contributed by atoms with Crippen molar-refractivity contribution in [1.29, 1.82) is 0 Å². The summed E-state index contributed by atoms with van der Waals surface area (Å²) in [6, 6.07) is 25.9. The Bertz CT molecular complexity index is 882. The number of phenolic OH excluding ortho intramolecular Hbond substituents is 1. The third-order valence-corrected chi connectivity index (χ3v) is 4.50. The highest BCUT2D eigenvalue weighted by Gasteiger charge is 2.11. The molecule has 3 heteroatoms.